The maximum absolute atomic E-state index is 12.7. The van der Waals surface area contributed by atoms with Crippen LogP contribution in [-0.2, 0) is 0 Å². The predicted octanol–water partition coefficient (Wildman–Crippen LogP) is 3.59. The molecule has 156 valence electrons. The lowest BCUT2D eigenvalue weighted by Gasteiger charge is -2.35. The number of piperazine rings is 1. The van der Waals surface area contributed by atoms with Crippen LogP contribution in [0.15, 0.2) is 24.3 Å². The Balaban J connectivity index is 1.63. The van der Waals surface area contributed by atoms with Gasteiger partial charge in [-0.2, -0.15) is 4.98 Å². The Morgan fingerprint density at radius 1 is 1.17 bits per heavy atom. The van der Waals surface area contributed by atoms with Gasteiger partial charge in [0, 0.05) is 37.3 Å². The normalized spacial score (nSPS) is 14.1. The van der Waals surface area contributed by atoms with Crippen LogP contribution in [0.4, 0.5) is 16.3 Å². The van der Waals surface area contributed by atoms with Gasteiger partial charge in [0.1, 0.15) is 17.4 Å². The van der Waals surface area contributed by atoms with E-state index in [1.54, 1.807) is 30.2 Å². The molecule has 0 spiro atoms. The molecule has 3 rings (SSSR count). The van der Waals surface area contributed by atoms with Gasteiger partial charge in [0.2, 0.25) is 5.88 Å². The highest BCUT2D eigenvalue weighted by molar-refractivity contribution is 6.31. The second-order valence-electron chi connectivity index (χ2n) is 7.03. The molecule has 9 heteroatoms. The summed E-state index contributed by atoms with van der Waals surface area (Å²) >= 11 is 6.04. The first-order valence-corrected chi connectivity index (χ1v) is 9.90. The summed E-state index contributed by atoms with van der Waals surface area (Å²) in [5.74, 6) is 2.60. The molecule has 0 aliphatic carbocycles. The zero-order valence-corrected chi connectivity index (χ0v) is 17.9. The van der Waals surface area contributed by atoms with Crippen molar-refractivity contribution in [1.82, 2.24) is 14.9 Å². The lowest BCUT2D eigenvalue weighted by atomic mass is 10.3. The van der Waals surface area contributed by atoms with Crippen molar-refractivity contribution >= 4 is 29.1 Å². The van der Waals surface area contributed by atoms with Crippen LogP contribution in [-0.4, -0.2) is 60.3 Å². The lowest BCUT2D eigenvalue weighted by molar-refractivity contribution is 0.207. The number of carbonyl (C=O) groups excluding carboxylic acids is 1. The molecule has 1 aliphatic heterocycles. The van der Waals surface area contributed by atoms with Crippen LogP contribution in [0.3, 0.4) is 0 Å². The minimum absolute atomic E-state index is 0.0428. The third-order valence-corrected chi connectivity index (χ3v) is 4.69. The first-order chi connectivity index (χ1) is 13.9. The van der Waals surface area contributed by atoms with Gasteiger partial charge in [-0.15, -0.1) is 0 Å². The Kier molecular flexibility index (Phi) is 6.64. The maximum Gasteiger partial charge on any atom is 0.322 e. The lowest BCUT2D eigenvalue weighted by Crippen LogP contribution is -2.50. The molecule has 1 N–H and O–H groups in total. The summed E-state index contributed by atoms with van der Waals surface area (Å²) in [5, 5.41) is 3.41. The highest BCUT2D eigenvalue weighted by atomic mass is 35.5. The number of halogens is 1. The van der Waals surface area contributed by atoms with E-state index in [4.69, 9.17) is 21.1 Å². The molecule has 1 aliphatic rings. The third kappa shape index (κ3) is 5.41. The number of aryl methyl sites for hydroxylation is 1. The van der Waals surface area contributed by atoms with E-state index >= 15 is 0 Å². The summed E-state index contributed by atoms with van der Waals surface area (Å²) in [6.45, 7) is 8.23. The summed E-state index contributed by atoms with van der Waals surface area (Å²) in [5.41, 5.74) is 0.550. The van der Waals surface area contributed by atoms with Gasteiger partial charge < -0.3 is 24.6 Å². The molecule has 1 aromatic heterocycles. The molecule has 2 aromatic rings. The number of ether oxygens (including phenoxy) is 2. The highest BCUT2D eigenvalue weighted by Gasteiger charge is 2.23. The van der Waals surface area contributed by atoms with E-state index in [1.807, 2.05) is 26.8 Å². The highest BCUT2D eigenvalue weighted by Crippen LogP contribution is 2.28. The van der Waals surface area contributed by atoms with Gasteiger partial charge in [-0.05, 0) is 39.0 Å². The topological polar surface area (TPSA) is 79.8 Å². The fraction of sp³-hybridized carbons (Fsp3) is 0.450. The summed E-state index contributed by atoms with van der Waals surface area (Å²) < 4.78 is 11.0. The first kappa shape index (κ1) is 21.0. The van der Waals surface area contributed by atoms with Gasteiger partial charge in [0.15, 0.2) is 0 Å². The zero-order valence-electron chi connectivity index (χ0n) is 17.1. The first-order valence-electron chi connectivity index (χ1n) is 9.52. The SMILES string of the molecule is COc1ccc(Cl)cc1NC(=O)N1CCN(c2cc(OC(C)C)nc(C)n2)CC1. The van der Waals surface area contributed by atoms with Gasteiger partial charge >= 0.3 is 6.03 Å². The molecule has 0 radical (unpaired) electrons. The molecule has 8 nitrogen and oxygen atoms in total. The second kappa shape index (κ2) is 9.17. The van der Waals surface area contributed by atoms with Crippen molar-refractivity contribution in [3.05, 3.63) is 35.1 Å². The van der Waals surface area contributed by atoms with Crippen molar-refractivity contribution in [3.63, 3.8) is 0 Å². The average Bonchev–Trinajstić information content (AvgIpc) is 2.67. The van der Waals surface area contributed by atoms with E-state index in [0.717, 1.165) is 5.82 Å². The Labute approximate surface area is 175 Å². The molecule has 1 aromatic carbocycles. The van der Waals surface area contributed by atoms with E-state index in [2.05, 4.69) is 20.2 Å². The molecule has 0 saturated carbocycles. The van der Waals surface area contributed by atoms with Crippen LogP contribution in [0.2, 0.25) is 5.02 Å². The van der Waals surface area contributed by atoms with E-state index in [9.17, 15) is 4.79 Å². The summed E-state index contributed by atoms with van der Waals surface area (Å²) in [7, 11) is 1.55. The largest absolute Gasteiger partial charge is 0.495 e. The fourth-order valence-electron chi connectivity index (χ4n) is 3.10. The number of nitrogens with one attached hydrogen (secondary N) is 1. The van der Waals surface area contributed by atoms with Gasteiger partial charge in [-0.1, -0.05) is 11.6 Å². The molecule has 2 heterocycles. The molecule has 0 bridgehead atoms. The average molecular weight is 420 g/mol. The van der Waals surface area contributed by atoms with E-state index in [1.165, 1.54) is 0 Å². The van der Waals surface area contributed by atoms with Crippen molar-refractivity contribution in [2.45, 2.75) is 26.9 Å². The number of hydrogen-bond donors (Lipinski definition) is 1. The van der Waals surface area contributed by atoms with Gasteiger partial charge in [0.05, 0.1) is 18.9 Å². The predicted molar refractivity (Wildman–Crippen MR) is 113 cm³/mol. The van der Waals surface area contributed by atoms with E-state index in [-0.39, 0.29) is 12.1 Å². The number of amides is 2. The van der Waals surface area contributed by atoms with Crippen LogP contribution in [0, 0.1) is 6.92 Å². The van der Waals surface area contributed by atoms with Gasteiger partial charge in [-0.3, -0.25) is 0 Å². The zero-order chi connectivity index (χ0) is 21.0. The summed E-state index contributed by atoms with van der Waals surface area (Å²) in [6, 6.07) is 6.78. The molecular weight excluding hydrogens is 394 g/mol. The molecule has 1 fully saturated rings. The number of carbonyl (C=O) groups is 1. The summed E-state index contributed by atoms with van der Waals surface area (Å²) in [4.78, 5) is 25.4. The fourth-order valence-corrected chi connectivity index (χ4v) is 3.27. The van der Waals surface area contributed by atoms with Crippen molar-refractivity contribution in [2.75, 3.05) is 43.5 Å². The Bertz CT molecular complexity index is 869. The molecule has 29 heavy (non-hydrogen) atoms. The third-order valence-electron chi connectivity index (χ3n) is 4.45. The molecule has 0 unspecified atom stereocenters. The van der Waals surface area contributed by atoms with Crippen molar-refractivity contribution in [3.8, 4) is 11.6 Å². The number of benzene rings is 1. The molecule has 0 atom stereocenters. The smallest absolute Gasteiger partial charge is 0.322 e. The Hall–Kier alpha value is -2.74. The maximum atomic E-state index is 12.7. The van der Waals surface area contributed by atoms with Crippen LogP contribution in [0.1, 0.15) is 19.7 Å². The van der Waals surface area contributed by atoms with Crippen molar-refractivity contribution < 1.29 is 14.3 Å². The van der Waals surface area contributed by atoms with Crippen LogP contribution < -0.4 is 19.7 Å². The minimum atomic E-state index is -0.187. The number of hydrogen-bond acceptors (Lipinski definition) is 6. The van der Waals surface area contributed by atoms with E-state index in [0.29, 0.717) is 54.3 Å². The second-order valence-corrected chi connectivity index (χ2v) is 7.46. The number of rotatable bonds is 5. The van der Waals surface area contributed by atoms with Crippen LogP contribution in [0.5, 0.6) is 11.6 Å². The summed E-state index contributed by atoms with van der Waals surface area (Å²) in [6.07, 6.45) is 0.0428. The van der Waals surface area contributed by atoms with Crippen LogP contribution in [0.25, 0.3) is 0 Å². The number of urea groups is 1. The quantitative estimate of drug-likeness (QED) is 0.797. The Morgan fingerprint density at radius 3 is 2.55 bits per heavy atom. The van der Waals surface area contributed by atoms with Crippen molar-refractivity contribution in [2.24, 2.45) is 0 Å². The van der Waals surface area contributed by atoms with Gasteiger partial charge in [-0.25, -0.2) is 9.78 Å². The molecular formula is C20H26ClN5O3. The number of methoxy groups -OCH3 is 1. The number of aromatic nitrogens is 2. The monoisotopic (exact) mass is 419 g/mol. The molecule has 2 amide bonds. The number of anilines is 2. The minimum Gasteiger partial charge on any atom is -0.495 e. The Morgan fingerprint density at radius 2 is 1.90 bits per heavy atom. The molecule has 1 saturated heterocycles. The van der Waals surface area contributed by atoms with Crippen molar-refractivity contribution in [1.29, 1.82) is 0 Å². The standard InChI is InChI=1S/C20H26ClN5O3/c1-13(2)29-19-12-18(22-14(3)23-19)25-7-9-26(10-8-25)20(27)24-16-11-15(21)5-6-17(16)28-4/h5-6,11-13H,7-10H2,1-4H3,(H,24,27). The number of nitrogens with zero attached hydrogens (tertiary/aromatic N) is 4. The van der Waals surface area contributed by atoms with Gasteiger partial charge in [0.25, 0.3) is 0 Å². The van der Waals surface area contributed by atoms with Crippen LogP contribution >= 0.6 is 11.6 Å². The van der Waals surface area contributed by atoms with E-state index < -0.39 is 0 Å².